The van der Waals surface area contributed by atoms with Crippen molar-refractivity contribution in [3.63, 3.8) is 0 Å². The summed E-state index contributed by atoms with van der Waals surface area (Å²) in [6.45, 7) is 1.34. The van der Waals surface area contributed by atoms with Crippen molar-refractivity contribution in [1.82, 2.24) is 15.1 Å². The predicted octanol–water partition coefficient (Wildman–Crippen LogP) is 3.47. The summed E-state index contributed by atoms with van der Waals surface area (Å²) in [5.41, 5.74) is 1.21. The molecule has 168 valence electrons. The van der Waals surface area contributed by atoms with Crippen LogP contribution in [0.5, 0.6) is 5.75 Å². The number of nitrogens with one attached hydrogen (secondary N) is 1. The van der Waals surface area contributed by atoms with Gasteiger partial charge in [-0.2, -0.15) is 13.2 Å². The lowest BCUT2D eigenvalue weighted by atomic mass is 9.84. The standard InChI is InChI=1S/C22H32F3N3O2/c1-27-11-3-4-18(20(27)16-5-7-19(30-2)8-6-16)14-26-21(29)17-9-12-28(13-10-17)15-22(23,24)25/h5-8,17-18,20H,3-4,9-15H2,1-2H3,(H,26,29). The Morgan fingerprint density at radius 2 is 1.80 bits per heavy atom. The summed E-state index contributed by atoms with van der Waals surface area (Å²) in [4.78, 5) is 16.4. The number of benzene rings is 1. The molecule has 0 radical (unpaired) electrons. The average Bonchev–Trinajstić information content (AvgIpc) is 2.71. The Hall–Kier alpha value is -1.80. The van der Waals surface area contributed by atoms with Crippen LogP contribution in [0.15, 0.2) is 24.3 Å². The number of alkyl halides is 3. The van der Waals surface area contributed by atoms with Gasteiger partial charge >= 0.3 is 6.18 Å². The van der Waals surface area contributed by atoms with Crippen LogP contribution in [0.25, 0.3) is 0 Å². The van der Waals surface area contributed by atoms with E-state index in [2.05, 4.69) is 29.4 Å². The highest BCUT2D eigenvalue weighted by Gasteiger charge is 2.35. The van der Waals surface area contributed by atoms with Crippen LogP contribution in [0.3, 0.4) is 0 Å². The third kappa shape index (κ3) is 6.11. The van der Waals surface area contributed by atoms with Gasteiger partial charge in [0.25, 0.3) is 0 Å². The molecule has 0 bridgehead atoms. The summed E-state index contributed by atoms with van der Waals surface area (Å²) in [5, 5.41) is 3.10. The fraction of sp³-hybridized carbons (Fsp3) is 0.682. The molecule has 1 aromatic carbocycles. The van der Waals surface area contributed by atoms with Crippen molar-refractivity contribution in [2.24, 2.45) is 11.8 Å². The predicted molar refractivity (Wildman–Crippen MR) is 109 cm³/mol. The number of piperidine rings is 2. The highest BCUT2D eigenvalue weighted by molar-refractivity contribution is 5.78. The first-order chi connectivity index (χ1) is 14.3. The molecular weight excluding hydrogens is 395 g/mol. The van der Waals surface area contributed by atoms with E-state index in [1.807, 2.05) is 12.1 Å². The lowest BCUT2D eigenvalue weighted by molar-refractivity contribution is -0.149. The van der Waals surface area contributed by atoms with Crippen LogP contribution in [0.4, 0.5) is 13.2 Å². The number of halogens is 3. The normalized spacial score (nSPS) is 24.6. The van der Waals surface area contributed by atoms with E-state index in [0.29, 0.717) is 38.4 Å². The van der Waals surface area contributed by atoms with E-state index in [4.69, 9.17) is 4.74 Å². The van der Waals surface area contributed by atoms with E-state index < -0.39 is 12.7 Å². The van der Waals surface area contributed by atoms with Gasteiger partial charge in [-0.1, -0.05) is 12.1 Å². The zero-order chi connectivity index (χ0) is 21.7. The summed E-state index contributed by atoms with van der Waals surface area (Å²) in [6, 6.07) is 8.30. The van der Waals surface area contributed by atoms with Crippen LogP contribution in [-0.2, 0) is 4.79 Å². The second kappa shape index (κ2) is 10.0. The lowest BCUT2D eigenvalue weighted by Crippen LogP contribution is -2.46. The Balaban J connectivity index is 1.53. The highest BCUT2D eigenvalue weighted by Crippen LogP contribution is 2.35. The second-order valence-corrected chi connectivity index (χ2v) is 8.51. The van der Waals surface area contributed by atoms with E-state index in [0.717, 1.165) is 25.1 Å². The molecule has 2 heterocycles. The van der Waals surface area contributed by atoms with E-state index in [1.165, 1.54) is 10.5 Å². The number of hydrogen-bond acceptors (Lipinski definition) is 4. The minimum atomic E-state index is -4.18. The minimum Gasteiger partial charge on any atom is -0.497 e. The van der Waals surface area contributed by atoms with Crippen molar-refractivity contribution in [3.8, 4) is 5.75 Å². The maximum absolute atomic E-state index is 12.7. The van der Waals surface area contributed by atoms with Gasteiger partial charge in [0, 0.05) is 18.5 Å². The van der Waals surface area contributed by atoms with Gasteiger partial charge in [-0.15, -0.1) is 0 Å². The molecule has 30 heavy (non-hydrogen) atoms. The molecule has 3 rings (SSSR count). The molecule has 0 aliphatic carbocycles. The molecule has 1 N–H and O–H groups in total. The Morgan fingerprint density at radius 3 is 2.40 bits per heavy atom. The smallest absolute Gasteiger partial charge is 0.401 e. The molecule has 1 amide bonds. The molecule has 2 fully saturated rings. The Kier molecular flexibility index (Phi) is 7.63. The first-order valence-electron chi connectivity index (χ1n) is 10.7. The Morgan fingerprint density at radius 1 is 1.13 bits per heavy atom. The zero-order valence-corrected chi connectivity index (χ0v) is 17.8. The highest BCUT2D eigenvalue weighted by atomic mass is 19.4. The monoisotopic (exact) mass is 427 g/mol. The van der Waals surface area contributed by atoms with E-state index in [-0.39, 0.29) is 17.9 Å². The molecule has 2 aliphatic rings. The number of nitrogens with zero attached hydrogens (tertiary/aromatic N) is 2. The van der Waals surface area contributed by atoms with Crippen LogP contribution < -0.4 is 10.1 Å². The Bertz CT molecular complexity index is 688. The molecule has 2 atom stereocenters. The molecule has 2 unspecified atom stereocenters. The van der Waals surface area contributed by atoms with Gasteiger partial charge in [-0.05, 0) is 76.0 Å². The number of likely N-dealkylation sites (tertiary alicyclic amines) is 2. The topological polar surface area (TPSA) is 44.8 Å². The van der Waals surface area contributed by atoms with Gasteiger partial charge in [0.2, 0.25) is 5.91 Å². The fourth-order valence-electron chi connectivity index (χ4n) is 4.78. The number of rotatable bonds is 6. The number of ether oxygens (including phenoxy) is 1. The van der Waals surface area contributed by atoms with Gasteiger partial charge in [-0.25, -0.2) is 0 Å². The summed E-state index contributed by atoms with van der Waals surface area (Å²) in [5.74, 6) is 0.893. The molecule has 2 saturated heterocycles. The summed E-state index contributed by atoms with van der Waals surface area (Å²) < 4.78 is 42.9. The number of methoxy groups -OCH3 is 1. The molecule has 5 nitrogen and oxygen atoms in total. The molecule has 8 heteroatoms. The van der Waals surface area contributed by atoms with Crippen LogP contribution in [0, 0.1) is 11.8 Å². The van der Waals surface area contributed by atoms with Gasteiger partial charge < -0.3 is 10.1 Å². The minimum absolute atomic E-state index is 0.0247. The fourth-order valence-corrected chi connectivity index (χ4v) is 4.78. The average molecular weight is 428 g/mol. The van der Waals surface area contributed by atoms with Crippen LogP contribution in [-0.4, -0.2) is 68.8 Å². The third-order valence-corrected chi connectivity index (χ3v) is 6.36. The zero-order valence-electron chi connectivity index (χ0n) is 17.8. The van der Waals surface area contributed by atoms with Crippen molar-refractivity contribution in [1.29, 1.82) is 0 Å². The third-order valence-electron chi connectivity index (χ3n) is 6.36. The summed E-state index contributed by atoms with van der Waals surface area (Å²) in [7, 11) is 3.76. The van der Waals surface area contributed by atoms with Crippen molar-refractivity contribution < 1.29 is 22.7 Å². The number of hydrogen-bond donors (Lipinski definition) is 1. The second-order valence-electron chi connectivity index (χ2n) is 8.51. The first-order valence-corrected chi connectivity index (χ1v) is 10.7. The molecule has 0 aromatic heterocycles. The molecule has 0 saturated carbocycles. The van der Waals surface area contributed by atoms with Gasteiger partial charge in [0.15, 0.2) is 0 Å². The summed E-state index contributed by atoms with van der Waals surface area (Å²) in [6.07, 6.45) is -1.10. The molecule has 2 aliphatic heterocycles. The number of carbonyl (C=O) groups is 1. The van der Waals surface area contributed by atoms with Crippen molar-refractivity contribution in [2.75, 3.05) is 46.9 Å². The van der Waals surface area contributed by atoms with E-state index >= 15 is 0 Å². The van der Waals surface area contributed by atoms with Gasteiger partial charge in [-0.3, -0.25) is 14.6 Å². The molecule has 0 spiro atoms. The van der Waals surface area contributed by atoms with Crippen molar-refractivity contribution in [3.05, 3.63) is 29.8 Å². The van der Waals surface area contributed by atoms with Crippen LogP contribution in [0.1, 0.15) is 37.3 Å². The quantitative estimate of drug-likeness (QED) is 0.755. The van der Waals surface area contributed by atoms with Crippen molar-refractivity contribution >= 4 is 5.91 Å². The van der Waals surface area contributed by atoms with Crippen molar-refractivity contribution in [2.45, 2.75) is 37.9 Å². The van der Waals surface area contributed by atoms with Gasteiger partial charge in [0.1, 0.15) is 5.75 Å². The maximum Gasteiger partial charge on any atom is 0.401 e. The molecule has 1 aromatic rings. The maximum atomic E-state index is 12.7. The molecular formula is C22H32F3N3O2. The van der Waals surface area contributed by atoms with E-state index in [9.17, 15) is 18.0 Å². The van der Waals surface area contributed by atoms with Gasteiger partial charge in [0.05, 0.1) is 13.7 Å². The Labute approximate surface area is 176 Å². The SMILES string of the molecule is COc1ccc(C2C(CNC(=O)C3CCN(CC(F)(F)F)CC3)CCCN2C)cc1. The van der Waals surface area contributed by atoms with Crippen LogP contribution in [0.2, 0.25) is 0 Å². The first kappa shape index (κ1) is 22.9. The largest absolute Gasteiger partial charge is 0.497 e. The lowest BCUT2D eigenvalue weighted by Gasteiger charge is -2.40. The summed E-state index contributed by atoms with van der Waals surface area (Å²) >= 11 is 0. The van der Waals surface area contributed by atoms with E-state index in [1.54, 1.807) is 7.11 Å². The number of carbonyl (C=O) groups excluding carboxylic acids is 1. The number of amides is 1. The van der Waals surface area contributed by atoms with Crippen LogP contribution >= 0.6 is 0 Å².